The SMILES string of the molecule is COCc1c(Br)c(C)nc(OCC(=O)N/N=C\c2cc(Br)c(OCc3ccc(Cl)cc3Cl)c(OC)c2)c1C#N. The largest absolute Gasteiger partial charge is 0.493 e. The Hall–Kier alpha value is -2.88. The van der Waals surface area contributed by atoms with Gasteiger partial charge in [-0.15, -0.1) is 0 Å². The quantitative estimate of drug-likeness (QED) is 0.183. The summed E-state index contributed by atoms with van der Waals surface area (Å²) in [6.07, 6.45) is 1.43. The number of pyridine rings is 1. The van der Waals surface area contributed by atoms with Gasteiger partial charge in [-0.05, 0) is 68.6 Å². The second kappa shape index (κ2) is 14.5. The minimum absolute atomic E-state index is 0.0357. The number of carbonyl (C=O) groups excluding carboxylic acids is 1. The summed E-state index contributed by atoms with van der Waals surface area (Å²) in [5.74, 6) is 0.403. The van der Waals surface area contributed by atoms with Gasteiger partial charge < -0.3 is 18.9 Å². The van der Waals surface area contributed by atoms with Crippen LogP contribution < -0.4 is 19.6 Å². The van der Waals surface area contributed by atoms with Crippen molar-refractivity contribution in [2.24, 2.45) is 5.10 Å². The predicted octanol–water partition coefficient (Wildman–Crippen LogP) is 6.36. The number of nitriles is 1. The van der Waals surface area contributed by atoms with Crippen molar-refractivity contribution in [2.45, 2.75) is 20.1 Å². The molecule has 0 aliphatic carbocycles. The number of aromatic nitrogens is 1. The molecule has 0 spiro atoms. The number of hydrogen-bond donors (Lipinski definition) is 1. The van der Waals surface area contributed by atoms with Crippen LogP contribution in [0.5, 0.6) is 17.4 Å². The van der Waals surface area contributed by atoms with E-state index in [1.807, 2.05) is 0 Å². The molecule has 0 aliphatic rings. The van der Waals surface area contributed by atoms with Crippen molar-refractivity contribution >= 4 is 67.2 Å². The monoisotopic (exact) mass is 698 g/mol. The first-order chi connectivity index (χ1) is 18.7. The molecule has 0 saturated carbocycles. The van der Waals surface area contributed by atoms with Crippen LogP contribution in [0.15, 0.2) is 44.4 Å². The van der Waals surface area contributed by atoms with E-state index < -0.39 is 12.5 Å². The fraction of sp³-hybridized carbons (Fsp3) is 0.231. The Bertz CT molecular complexity index is 1450. The molecule has 3 aromatic rings. The number of benzene rings is 2. The molecule has 9 nitrogen and oxygen atoms in total. The normalized spacial score (nSPS) is 10.8. The van der Waals surface area contributed by atoms with E-state index in [0.717, 1.165) is 5.56 Å². The van der Waals surface area contributed by atoms with Crippen LogP contribution in [0.2, 0.25) is 10.0 Å². The lowest BCUT2D eigenvalue weighted by Crippen LogP contribution is -2.25. The summed E-state index contributed by atoms with van der Waals surface area (Å²) in [5.41, 5.74) is 5.13. The zero-order chi connectivity index (χ0) is 28.5. The van der Waals surface area contributed by atoms with Crippen molar-refractivity contribution in [3.8, 4) is 23.4 Å². The molecule has 13 heteroatoms. The van der Waals surface area contributed by atoms with Gasteiger partial charge >= 0.3 is 0 Å². The van der Waals surface area contributed by atoms with Gasteiger partial charge in [0.25, 0.3) is 5.91 Å². The third-order valence-electron chi connectivity index (χ3n) is 5.15. The molecule has 0 atom stereocenters. The highest BCUT2D eigenvalue weighted by molar-refractivity contribution is 9.10. The van der Waals surface area contributed by atoms with E-state index in [2.05, 4.69) is 53.4 Å². The summed E-state index contributed by atoms with van der Waals surface area (Å²) in [6, 6.07) is 10.7. The molecular weight excluding hydrogens is 679 g/mol. The van der Waals surface area contributed by atoms with Crippen LogP contribution in [0.3, 0.4) is 0 Å². The van der Waals surface area contributed by atoms with Crippen molar-refractivity contribution < 1.29 is 23.7 Å². The Kier molecular flexibility index (Phi) is 11.4. The molecule has 1 heterocycles. The van der Waals surface area contributed by atoms with Crippen LogP contribution in [-0.4, -0.2) is 37.9 Å². The number of aryl methyl sites for hydroxylation is 1. The van der Waals surface area contributed by atoms with E-state index in [1.54, 1.807) is 37.3 Å². The maximum atomic E-state index is 12.3. The topological polar surface area (TPSA) is 115 Å². The number of ether oxygens (including phenoxy) is 4. The molecule has 1 N–H and O–H groups in total. The summed E-state index contributed by atoms with van der Waals surface area (Å²) < 4.78 is 23.3. The highest BCUT2D eigenvalue weighted by atomic mass is 79.9. The van der Waals surface area contributed by atoms with E-state index in [1.165, 1.54) is 20.4 Å². The van der Waals surface area contributed by atoms with Crippen LogP contribution in [0.4, 0.5) is 0 Å². The maximum absolute atomic E-state index is 12.3. The maximum Gasteiger partial charge on any atom is 0.278 e. The smallest absolute Gasteiger partial charge is 0.278 e. The number of amides is 1. The van der Waals surface area contributed by atoms with Crippen molar-refractivity contribution in [3.63, 3.8) is 0 Å². The molecule has 0 radical (unpaired) electrons. The van der Waals surface area contributed by atoms with Gasteiger partial charge in [0.2, 0.25) is 5.88 Å². The summed E-state index contributed by atoms with van der Waals surface area (Å²) in [4.78, 5) is 16.6. The molecular formula is C26H22Br2Cl2N4O5. The van der Waals surface area contributed by atoms with Crippen LogP contribution in [0.1, 0.15) is 27.9 Å². The number of rotatable bonds is 11. The molecule has 2 aromatic carbocycles. The van der Waals surface area contributed by atoms with Gasteiger partial charge in [0.1, 0.15) is 18.2 Å². The number of hydrazone groups is 1. The fourth-order valence-corrected chi connectivity index (χ4v) is 4.74. The summed E-state index contributed by atoms with van der Waals surface area (Å²) in [5, 5.41) is 14.6. The first kappa shape index (κ1) is 30.7. The molecule has 0 unspecified atom stereocenters. The van der Waals surface area contributed by atoms with Crippen LogP contribution in [0, 0.1) is 18.3 Å². The summed E-state index contributed by atoms with van der Waals surface area (Å²) in [7, 11) is 3.02. The fourth-order valence-electron chi connectivity index (χ4n) is 3.30. The van der Waals surface area contributed by atoms with E-state index in [9.17, 15) is 10.1 Å². The first-order valence-electron chi connectivity index (χ1n) is 11.1. The first-order valence-corrected chi connectivity index (χ1v) is 13.5. The number of nitrogens with zero attached hydrogens (tertiary/aromatic N) is 3. The van der Waals surface area contributed by atoms with Gasteiger partial charge in [-0.1, -0.05) is 29.3 Å². The third-order valence-corrected chi connectivity index (χ3v) is 7.38. The van der Waals surface area contributed by atoms with Crippen molar-refractivity contribution in [1.29, 1.82) is 5.26 Å². The van der Waals surface area contributed by atoms with Gasteiger partial charge in [-0.3, -0.25) is 4.79 Å². The van der Waals surface area contributed by atoms with Crippen molar-refractivity contribution in [3.05, 3.63) is 77.3 Å². The molecule has 0 bridgehead atoms. The highest BCUT2D eigenvalue weighted by Gasteiger charge is 2.18. The molecule has 0 saturated heterocycles. The molecule has 0 aliphatic heterocycles. The highest BCUT2D eigenvalue weighted by Crippen LogP contribution is 2.37. The van der Waals surface area contributed by atoms with Gasteiger partial charge in [0, 0.05) is 32.8 Å². The Morgan fingerprint density at radius 2 is 1.95 bits per heavy atom. The van der Waals surface area contributed by atoms with Gasteiger partial charge in [0.15, 0.2) is 18.1 Å². The number of hydrogen-bond acceptors (Lipinski definition) is 8. The zero-order valence-electron chi connectivity index (χ0n) is 21.0. The average Bonchev–Trinajstić information content (AvgIpc) is 2.90. The lowest BCUT2D eigenvalue weighted by molar-refractivity contribution is -0.123. The zero-order valence-corrected chi connectivity index (χ0v) is 25.7. The molecule has 1 amide bonds. The van der Waals surface area contributed by atoms with Crippen LogP contribution in [-0.2, 0) is 22.7 Å². The molecule has 39 heavy (non-hydrogen) atoms. The Morgan fingerprint density at radius 3 is 2.62 bits per heavy atom. The lowest BCUT2D eigenvalue weighted by Gasteiger charge is -2.14. The summed E-state index contributed by atoms with van der Waals surface area (Å²) >= 11 is 19.1. The second-order valence-electron chi connectivity index (χ2n) is 7.86. The summed E-state index contributed by atoms with van der Waals surface area (Å²) in [6.45, 7) is 1.72. The van der Waals surface area contributed by atoms with Gasteiger partial charge in [-0.2, -0.15) is 10.4 Å². The van der Waals surface area contributed by atoms with Crippen molar-refractivity contribution in [1.82, 2.24) is 10.4 Å². The predicted molar refractivity (Wildman–Crippen MR) is 155 cm³/mol. The molecule has 3 rings (SSSR count). The molecule has 204 valence electrons. The van der Waals surface area contributed by atoms with Crippen molar-refractivity contribution in [2.75, 3.05) is 20.8 Å². The van der Waals surface area contributed by atoms with Gasteiger partial charge in [0.05, 0.1) is 30.1 Å². The average molecular weight is 701 g/mol. The van der Waals surface area contributed by atoms with E-state index in [4.69, 9.17) is 42.1 Å². The van der Waals surface area contributed by atoms with Crippen LogP contribution >= 0.6 is 55.1 Å². The minimum atomic E-state index is -0.545. The van der Waals surface area contributed by atoms with E-state index >= 15 is 0 Å². The van der Waals surface area contributed by atoms with Crippen LogP contribution in [0.25, 0.3) is 0 Å². The number of nitrogens with one attached hydrogen (secondary N) is 1. The van der Waals surface area contributed by atoms with E-state index in [0.29, 0.717) is 47.3 Å². The van der Waals surface area contributed by atoms with Gasteiger partial charge in [-0.25, -0.2) is 10.4 Å². The minimum Gasteiger partial charge on any atom is -0.493 e. The molecule has 0 fully saturated rings. The van der Waals surface area contributed by atoms with E-state index in [-0.39, 0.29) is 24.7 Å². The standard InChI is InChI=1S/C26H22Br2Cl2N4O5/c1-14-24(28)19(12-36-2)18(9-31)26(33-14)39-13-23(35)34-32-10-15-6-20(27)25(22(7-15)37-3)38-11-16-4-5-17(29)8-21(16)30/h4-8,10H,11-13H2,1-3H3,(H,34,35)/b32-10-. The third kappa shape index (κ3) is 8.06. The lowest BCUT2D eigenvalue weighted by atomic mass is 10.1. The Morgan fingerprint density at radius 1 is 1.18 bits per heavy atom. The number of methoxy groups -OCH3 is 2. The number of halogens is 4. The second-order valence-corrected chi connectivity index (χ2v) is 10.3. The Balaban J connectivity index is 1.64. The number of carbonyl (C=O) groups is 1. The Labute approximate surface area is 252 Å². The molecule has 1 aromatic heterocycles.